The minimum atomic E-state index is -0.393. The predicted molar refractivity (Wildman–Crippen MR) is 140 cm³/mol. The molecule has 4 aromatic rings. The van der Waals surface area contributed by atoms with E-state index in [2.05, 4.69) is 4.90 Å². The third kappa shape index (κ3) is 3.94. The Morgan fingerprint density at radius 2 is 1.83 bits per heavy atom. The zero-order valence-corrected chi connectivity index (χ0v) is 20.8. The van der Waals surface area contributed by atoms with Crippen LogP contribution in [0.15, 0.2) is 68.6 Å². The van der Waals surface area contributed by atoms with E-state index in [1.54, 1.807) is 12.1 Å². The minimum Gasteiger partial charge on any atom is -0.506 e. The van der Waals surface area contributed by atoms with E-state index in [0.29, 0.717) is 42.1 Å². The molecule has 1 N–H and O–H groups in total. The number of phenols is 1. The molecule has 0 amide bonds. The quantitative estimate of drug-likeness (QED) is 0.404. The lowest BCUT2D eigenvalue weighted by Gasteiger charge is -2.42. The molecule has 184 valence electrons. The van der Waals surface area contributed by atoms with Crippen molar-refractivity contribution in [2.24, 2.45) is 5.92 Å². The molecule has 6 rings (SSSR count). The summed E-state index contributed by atoms with van der Waals surface area (Å²) in [4.78, 5) is 27.7. The maximum Gasteiger partial charge on any atom is 0.340 e. The molecule has 0 aliphatic carbocycles. The van der Waals surface area contributed by atoms with Crippen LogP contribution in [0.1, 0.15) is 40.3 Å². The molecule has 0 spiro atoms. The Balaban J connectivity index is 1.38. The first-order chi connectivity index (χ1) is 17.4. The summed E-state index contributed by atoms with van der Waals surface area (Å²) in [6.45, 7) is 4.56. The molecule has 7 heteroatoms. The first-order valence-electron chi connectivity index (χ1n) is 12.3. The van der Waals surface area contributed by atoms with E-state index in [1.165, 1.54) is 0 Å². The van der Waals surface area contributed by atoms with E-state index in [-0.39, 0.29) is 22.2 Å². The average molecular weight is 503 g/mol. The van der Waals surface area contributed by atoms with Gasteiger partial charge in [0.05, 0.1) is 10.6 Å². The second-order valence-electron chi connectivity index (χ2n) is 10.1. The van der Waals surface area contributed by atoms with Gasteiger partial charge in [-0.2, -0.15) is 0 Å². The number of aromatic nitrogens is 1. The number of aryl methyl sites for hydroxylation is 1. The van der Waals surface area contributed by atoms with Crippen molar-refractivity contribution in [3.63, 3.8) is 0 Å². The highest BCUT2D eigenvalue weighted by Crippen LogP contribution is 2.40. The summed E-state index contributed by atoms with van der Waals surface area (Å²) >= 11 is 6.49. The number of hydrogen-bond acceptors (Lipinski definition) is 5. The van der Waals surface area contributed by atoms with Crippen LogP contribution in [0, 0.1) is 12.8 Å². The third-order valence-electron chi connectivity index (χ3n) is 7.76. The van der Waals surface area contributed by atoms with Crippen LogP contribution in [0.2, 0.25) is 5.02 Å². The topological polar surface area (TPSA) is 75.7 Å². The number of hydrogen-bond donors (Lipinski definition) is 1. The third-order valence-corrected chi connectivity index (χ3v) is 8.05. The van der Waals surface area contributed by atoms with Crippen LogP contribution >= 0.6 is 11.6 Å². The Kier molecular flexibility index (Phi) is 5.73. The van der Waals surface area contributed by atoms with Crippen molar-refractivity contribution in [1.82, 2.24) is 9.47 Å². The van der Waals surface area contributed by atoms with Gasteiger partial charge in [0, 0.05) is 61.2 Å². The SMILES string of the molecule is Cc1c(Cc2ccccc2)c(=O)oc2c(CN3C[C@H]4C[C@@H](C3)c3cccc(=O)n3C4)c(O)c(Cl)cc12. The first kappa shape index (κ1) is 23.1. The van der Waals surface area contributed by atoms with E-state index < -0.39 is 5.63 Å². The molecule has 2 atom stereocenters. The van der Waals surface area contributed by atoms with E-state index in [4.69, 9.17) is 16.0 Å². The van der Waals surface area contributed by atoms with E-state index in [0.717, 1.165) is 41.7 Å². The van der Waals surface area contributed by atoms with Gasteiger partial charge in [-0.25, -0.2) is 4.79 Å². The van der Waals surface area contributed by atoms with Crippen molar-refractivity contribution in [1.29, 1.82) is 0 Å². The summed E-state index contributed by atoms with van der Waals surface area (Å²) in [6.07, 6.45) is 1.51. The molecular weight excluding hydrogens is 476 g/mol. The van der Waals surface area contributed by atoms with Gasteiger partial charge in [0.25, 0.3) is 5.56 Å². The number of halogens is 1. The minimum absolute atomic E-state index is 0.0464. The lowest BCUT2D eigenvalue weighted by molar-refractivity contribution is 0.113. The molecule has 36 heavy (non-hydrogen) atoms. The Bertz CT molecular complexity index is 1590. The molecule has 2 aliphatic heterocycles. The lowest BCUT2D eigenvalue weighted by Crippen LogP contribution is -2.46. The number of rotatable bonds is 4. The molecule has 4 heterocycles. The number of likely N-dealkylation sites (tertiary alicyclic amines) is 1. The van der Waals surface area contributed by atoms with Gasteiger partial charge in [-0.05, 0) is 42.5 Å². The van der Waals surface area contributed by atoms with Gasteiger partial charge in [-0.3, -0.25) is 9.69 Å². The molecular formula is C29H27ClN2O4. The molecule has 0 unspecified atom stereocenters. The zero-order valence-electron chi connectivity index (χ0n) is 20.0. The summed E-state index contributed by atoms with van der Waals surface area (Å²) in [7, 11) is 0. The van der Waals surface area contributed by atoms with E-state index in [9.17, 15) is 14.7 Å². The fourth-order valence-corrected chi connectivity index (χ4v) is 6.26. The van der Waals surface area contributed by atoms with Gasteiger partial charge >= 0.3 is 5.63 Å². The van der Waals surface area contributed by atoms with Crippen LogP contribution in [0.4, 0.5) is 0 Å². The molecule has 6 nitrogen and oxygen atoms in total. The summed E-state index contributed by atoms with van der Waals surface area (Å²) in [5, 5.41) is 11.9. The highest BCUT2D eigenvalue weighted by Gasteiger charge is 2.35. The van der Waals surface area contributed by atoms with Gasteiger partial charge in [0.15, 0.2) is 0 Å². The number of aromatic hydroxyl groups is 1. The van der Waals surface area contributed by atoms with Gasteiger partial charge in [-0.15, -0.1) is 0 Å². The predicted octanol–water partition coefficient (Wildman–Crippen LogP) is 4.83. The summed E-state index contributed by atoms with van der Waals surface area (Å²) in [6, 6.07) is 17.0. The summed E-state index contributed by atoms with van der Waals surface area (Å²) in [5.74, 6) is 0.537. The first-order valence-corrected chi connectivity index (χ1v) is 12.7. The molecule has 1 saturated heterocycles. The number of benzene rings is 2. The van der Waals surface area contributed by atoms with Crippen molar-refractivity contribution < 1.29 is 9.52 Å². The Labute approximate surface area is 213 Å². The summed E-state index contributed by atoms with van der Waals surface area (Å²) in [5.41, 5.74) is 4.09. The number of nitrogens with zero attached hydrogens (tertiary/aromatic N) is 2. The molecule has 0 saturated carbocycles. The van der Waals surface area contributed by atoms with E-state index >= 15 is 0 Å². The van der Waals surface area contributed by atoms with Crippen LogP contribution < -0.4 is 11.2 Å². The van der Waals surface area contributed by atoms with Gasteiger partial charge < -0.3 is 14.1 Å². The Hall–Kier alpha value is -3.35. The van der Waals surface area contributed by atoms with Crippen molar-refractivity contribution in [2.45, 2.75) is 38.8 Å². The monoisotopic (exact) mass is 502 g/mol. The molecule has 2 aliphatic rings. The number of fused-ring (bicyclic) bond motifs is 5. The normalized spacial score (nSPS) is 19.4. The van der Waals surface area contributed by atoms with Crippen molar-refractivity contribution >= 4 is 22.6 Å². The number of pyridine rings is 1. The van der Waals surface area contributed by atoms with Crippen molar-refractivity contribution in [2.75, 3.05) is 13.1 Å². The maximum absolute atomic E-state index is 13.1. The van der Waals surface area contributed by atoms with E-state index in [1.807, 2.05) is 54.0 Å². The molecule has 2 aromatic heterocycles. The Morgan fingerprint density at radius 3 is 2.64 bits per heavy atom. The highest BCUT2D eigenvalue weighted by molar-refractivity contribution is 6.33. The molecule has 0 radical (unpaired) electrons. The second kappa shape index (κ2) is 8.95. The van der Waals surface area contributed by atoms with Gasteiger partial charge in [0.2, 0.25) is 0 Å². The molecule has 2 bridgehead atoms. The molecule has 1 fully saturated rings. The molecule has 2 aromatic carbocycles. The number of phenolic OH excluding ortho intramolecular Hbond substituents is 1. The number of piperidine rings is 1. The van der Waals surface area contributed by atoms with Gasteiger partial charge in [-0.1, -0.05) is 48.0 Å². The van der Waals surface area contributed by atoms with Gasteiger partial charge in [0.1, 0.15) is 11.3 Å². The van der Waals surface area contributed by atoms with Crippen LogP contribution in [0.25, 0.3) is 11.0 Å². The van der Waals surface area contributed by atoms with Crippen molar-refractivity contribution in [3.05, 3.63) is 108 Å². The second-order valence-corrected chi connectivity index (χ2v) is 10.5. The van der Waals surface area contributed by atoms with Crippen LogP contribution in [-0.4, -0.2) is 27.7 Å². The summed E-state index contributed by atoms with van der Waals surface area (Å²) < 4.78 is 7.78. The van der Waals surface area contributed by atoms with Crippen molar-refractivity contribution in [3.8, 4) is 5.75 Å². The fourth-order valence-electron chi connectivity index (χ4n) is 6.04. The standard InChI is InChI=1S/C29H27ClN2O4/c1-17-21-12-24(30)27(34)23(28(21)36-29(35)22(17)11-18-6-3-2-4-7-18)16-31-13-19-10-20(15-31)25-8-5-9-26(33)32(25)14-19/h2-9,12,19-20,34H,10-11,13-16H2,1H3/t19-,20+/m1/s1. The highest BCUT2D eigenvalue weighted by atomic mass is 35.5. The van der Waals surface area contributed by atoms with Crippen LogP contribution in [-0.2, 0) is 19.5 Å². The lowest BCUT2D eigenvalue weighted by atomic mass is 9.83. The largest absolute Gasteiger partial charge is 0.506 e. The fraction of sp³-hybridized carbons (Fsp3) is 0.310. The smallest absolute Gasteiger partial charge is 0.340 e. The van der Waals surface area contributed by atoms with Crippen LogP contribution in [0.5, 0.6) is 5.75 Å². The average Bonchev–Trinajstić information content (AvgIpc) is 2.87. The zero-order chi connectivity index (χ0) is 25.0. The van der Waals surface area contributed by atoms with Crippen LogP contribution in [0.3, 0.4) is 0 Å². The maximum atomic E-state index is 13.1. The Morgan fingerprint density at radius 1 is 1.03 bits per heavy atom.